The SMILES string of the molecule is CC(=O)CCCCCCCc1ccc2c(c1)COO2. The molecule has 104 valence electrons. The van der Waals surface area contributed by atoms with Crippen molar-refractivity contribution in [3.05, 3.63) is 29.3 Å². The van der Waals surface area contributed by atoms with E-state index >= 15 is 0 Å². The second kappa shape index (κ2) is 7.29. The van der Waals surface area contributed by atoms with E-state index < -0.39 is 0 Å². The van der Waals surface area contributed by atoms with E-state index in [2.05, 4.69) is 12.1 Å². The molecule has 0 aliphatic carbocycles. The van der Waals surface area contributed by atoms with Crippen molar-refractivity contribution in [3.8, 4) is 5.75 Å². The monoisotopic (exact) mass is 262 g/mol. The third-order valence-electron chi connectivity index (χ3n) is 3.48. The third-order valence-corrected chi connectivity index (χ3v) is 3.48. The first-order valence-corrected chi connectivity index (χ1v) is 7.16. The normalized spacial score (nSPS) is 13.1. The molecule has 0 saturated carbocycles. The maximum atomic E-state index is 10.8. The van der Waals surface area contributed by atoms with E-state index in [1.54, 1.807) is 6.92 Å². The zero-order valence-corrected chi connectivity index (χ0v) is 11.6. The van der Waals surface area contributed by atoms with Gasteiger partial charge in [-0.1, -0.05) is 25.3 Å². The van der Waals surface area contributed by atoms with Crippen LogP contribution in [0.4, 0.5) is 0 Å². The molecular weight excluding hydrogens is 240 g/mol. The molecule has 1 aliphatic heterocycles. The number of unbranched alkanes of at least 4 members (excludes halogenated alkanes) is 4. The Morgan fingerprint density at radius 1 is 1.16 bits per heavy atom. The van der Waals surface area contributed by atoms with Crippen molar-refractivity contribution in [2.75, 3.05) is 0 Å². The zero-order chi connectivity index (χ0) is 13.5. The highest BCUT2D eigenvalue weighted by molar-refractivity contribution is 5.75. The van der Waals surface area contributed by atoms with Crippen LogP contribution in [0.3, 0.4) is 0 Å². The van der Waals surface area contributed by atoms with Gasteiger partial charge in [0.25, 0.3) is 0 Å². The summed E-state index contributed by atoms with van der Waals surface area (Å²) < 4.78 is 0. The second-order valence-electron chi connectivity index (χ2n) is 5.26. The largest absolute Gasteiger partial charge is 0.337 e. The predicted octanol–water partition coefficient (Wildman–Crippen LogP) is 3.98. The first-order valence-electron chi connectivity index (χ1n) is 7.16. The molecule has 2 rings (SSSR count). The number of ketones is 1. The van der Waals surface area contributed by atoms with E-state index in [1.807, 2.05) is 6.07 Å². The van der Waals surface area contributed by atoms with Gasteiger partial charge in [0.15, 0.2) is 5.75 Å². The molecule has 0 N–H and O–H groups in total. The highest BCUT2D eigenvalue weighted by Gasteiger charge is 2.13. The summed E-state index contributed by atoms with van der Waals surface area (Å²) in [5.41, 5.74) is 2.51. The smallest absolute Gasteiger partial charge is 0.171 e. The molecule has 19 heavy (non-hydrogen) atoms. The molecule has 0 spiro atoms. The predicted molar refractivity (Wildman–Crippen MR) is 73.9 cm³/mol. The van der Waals surface area contributed by atoms with E-state index in [1.165, 1.54) is 31.2 Å². The highest BCUT2D eigenvalue weighted by atomic mass is 17.2. The van der Waals surface area contributed by atoms with Gasteiger partial charge in [-0.25, -0.2) is 0 Å². The molecule has 0 fully saturated rings. The van der Waals surface area contributed by atoms with Crippen LogP contribution in [0.5, 0.6) is 5.75 Å². The summed E-state index contributed by atoms with van der Waals surface area (Å²) in [6.07, 6.45) is 7.74. The van der Waals surface area contributed by atoms with E-state index in [-0.39, 0.29) is 0 Å². The van der Waals surface area contributed by atoms with Gasteiger partial charge in [-0.15, -0.1) is 0 Å². The van der Waals surface area contributed by atoms with Gasteiger partial charge >= 0.3 is 0 Å². The molecule has 0 bridgehead atoms. The Morgan fingerprint density at radius 3 is 2.79 bits per heavy atom. The van der Waals surface area contributed by atoms with Gasteiger partial charge in [-0.2, -0.15) is 4.89 Å². The number of rotatable bonds is 8. The number of carbonyl (C=O) groups excluding carboxylic acids is 1. The molecule has 0 amide bonds. The van der Waals surface area contributed by atoms with Gasteiger partial charge in [0.05, 0.1) is 0 Å². The Labute approximate surface area is 114 Å². The molecular formula is C16H22O3. The quantitative estimate of drug-likeness (QED) is 0.525. The lowest BCUT2D eigenvalue weighted by Crippen LogP contribution is -1.90. The van der Waals surface area contributed by atoms with Gasteiger partial charge in [0.2, 0.25) is 0 Å². The summed E-state index contributed by atoms with van der Waals surface area (Å²) in [5.74, 6) is 1.16. The molecule has 0 unspecified atom stereocenters. The van der Waals surface area contributed by atoms with Gasteiger partial charge in [0.1, 0.15) is 12.4 Å². The third kappa shape index (κ3) is 4.67. The number of benzene rings is 1. The Kier molecular flexibility index (Phi) is 5.40. The number of aryl methyl sites for hydroxylation is 1. The average molecular weight is 262 g/mol. The van der Waals surface area contributed by atoms with Crippen LogP contribution in [0, 0.1) is 0 Å². The zero-order valence-electron chi connectivity index (χ0n) is 11.6. The van der Waals surface area contributed by atoms with E-state index in [0.717, 1.165) is 30.6 Å². The molecule has 0 atom stereocenters. The van der Waals surface area contributed by atoms with Crippen molar-refractivity contribution in [1.82, 2.24) is 0 Å². The minimum absolute atomic E-state index is 0.308. The lowest BCUT2D eigenvalue weighted by atomic mass is 10.0. The van der Waals surface area contributed by atoms with Gasteiger partial charge < -0.3 is 9.68 Å². The summed E-state index contributed by atoms with van der Waals surface area (Å²) >= 11 is 0. The number of hydrogen-bond acceptors (Lipinski definition) is 3. The first-order chi connectivity index (χ1) is 9.25. The lowest BCUT2D eigenvalue weighted by molar-refractivity contribution is -0.194. The summed E-state index contributed by atoms with van der Waals surface area (Å²) in [4.78, 5) is 20.7. The average Bonchev–Trinajstić information content (AvgIpc) is 2.84. The number of fused-ring (bicyclic) bond motifs is 1. The lowest BCUT2D eigenvalue weighted by Gasteiger charge is -2.03. The fraction of sp³-hybridized carbons (Fsp3) is 0.562. The van der Waals surface area contributed by atoms with E-state index in [4.69, 9.17) is 9.78 Å². The van der Waals surface area contributed by atoms with Crippen molar-refractivity contribution >= 4 is 5.78 Å². The van der Waals surface area contributed by atoms with Crippen molar-refractivity contribution in [1.29, 1.82) is 0 Å². The molecule has 0 radical (unpaired) electrons. The summed E-state index contributed by atoms with van der Waals surface area (Å²) in [7, 11) is 0. The maximum Gasteiger partial charge on any atom is 0.171 e. The standard InChI is InChI=1S/C16H22O3/c1-13(17)7-5-3-2-4-6-8-14-9-10-16-15(11-14)12-18-19-16/h9-11H,2-8,12H2,1H3. The van der Waals surface area contributed by atoms with Crippen molar-refractivity contribution < 1.29 is 14.6 Å². The van der Waals surface area contributed by atoms with Crippen molar-refractivity contribution in [2.24, 2.45) is 0 Å². The second-order valence-corrected chi connectivity index (χ2v) is 5.26. The Hall–Kier alpha value is -1.35. The molecule has 1 aliphatic rings. The van der Waals surface area contributed by atoms with Crippen LogP contribution in [-0.2, 0) is 22.7 Å². The summed E-state index contributed by atoms with van der Waals surface area (Å²) in [5, 5.41) is 0. The molecule has 0 saturated heterocycles. The Balaban J connectivity index is 1.59. The van der Waals surface area contributed by atoms with Crippen LogP contribution < -0.4 is 4.89 Å². The van der Waals surface area contributed by atoms with Crippen LogP contribution in [-0.4, -0.2) is 5.78 Å². The fourth-order valence-corrected chi connectivity index (χ4v) is 2.37. The number of hydrogen-bond donors (Lipinski definition) is 0. The van der Waals surface area contributed by atoms with Gasteiger partial charge in [-0.05, 0) is 43.9 Å². The molecule has 1 heterocycles. The summed E-state index contributed by atoms with van der Waals surface area (Å²) in [6.45, 7) is 2.23. The first kappa shape index (κ1) is 14.1. The van der Waals surface area contributed by atoms with Gasteiger partial charge in [0, 0.05) is 12.0 Å². The Morgan fingerprint density at radius 2 is 1.95 bits per heavy atom. The Bertz CT molecular complexity index is 426. The van der Waals surface area contributed by atoms with Crippen LogP contribution in [0.2, 0.25) is 0 Å². The molecule has 3 heteroatoms. The number of carbonyl (C=O) groups is 1. The fourth-order valence-electron chi connectivity index (χ4n) is 2.37. The van der Waals surface area contributed by atoms with E-state index in [0.29, 0.717) is 12.4 Å². The van der Waals surface area contributed by atoms with Crippen LogP contribution in [0.15, 0.2) is 18.2 Å². The van der Waals surface area contributed by atoms with Crippen molar-refractivity contribution in [3.63, 3.8) is 0 Å². The topological polar surface area (TPSA) is 35.5 Å². The van der Waals surface area contributed by atoms with Crippen LogP contribution in [0.25, 0.3) is 0 Å². The maximum absolute atomic E-state index is 10.8. The minimum atomic E-state index is 0.308. The van der Waals surface area contributed by atoms with Crippen molar-refractivity contribution in [2.45, 2.75) is 58.5 Å². The minimum Gasteiger partial charge on any atom is -0.337 e. The van der Waals surface area contributed by atoms with E-state index in [9.17, 15) is 4.79 Å². The number of Topliss-reactive ketones (excluding diaryl/α,β-unsaturated/α-hetero) is 1. The molecule has 3 nitrogen and oxygen atoms in total. The highest BCUT2D eigenvalue weighted by Crippen LogP contribution is 2.27. The van der Waals surface area contributed by atoms with Crippen LogP contribution in [0.1, 0.15) is 56.6 Å². The molecule has 1 aromatic rings. The molecule has 0 aromatic heterocycles. The van der Waals surface area contributed by atoms with Crippen LogP contribution >= 0.6 is 0 Å². The summed E-state index contributed by atoms with van der Waals surface area (Å²) in [6, 6.07) is 6.28. The molecule has 1 aromatic carbocycles. The van der Waals surface area contributed by atoms with Gasteiger partial charge in [-0.3, -0.25) is 0 Å².